The van der Waals surface area contributed by atoms with E-state index < -0.39 is 0 Å². The highest BCUT2D eigenvalue weighted by Crippen LogP contribution is 2.50. The molecule has 0 bridgehead atoms. The van der Waals surface area contributed by atoms with Crippen LogP contribution in [0, 0.1) is 0 Å². The van der Waals surface area contributed by atoms with Crippen LogP contribution < -0.4 is 4.90 Å². The lowest BCUT2D eigenvalue weighted by Gasteiger charge is -2.31. The number of hydrogen-bond acceptors (Lipinski definition) is 4. The van der Waals surface area contributed by atoms with Crippen molar-refractivity contribution < 1.29 is 0 Å². The second kappa shape index (κ2) is 11.9. The van der Waals surface area contributed by atoms with E-state index in [1.807, 2.05) is 6.07 Å². The summed E-state index contributed by atoms with van der Waals surface area (Å²) in [6, 6.07) is 64.0. The van der Waals surface area contributed by atoms with E-state index in [9.17, 15) is 0 Å². The molecule has 238 valence electrons. The average Bonchev–Trinajstić information content (AvgIpc) is 3.20. The number of para-hydroxylation sites is 2. The summed E-state index contributed by atoms with van der Waals surface area (Å²) < 4.78 is 0. The molecule has 8 aromatic carbocycles. The van der Waals surface area contributed by atoms with Crippen molar-refractivity contribution in [2.75, 3.05) is 4.90 Å². The third-order valence-electron chi connectivity index (χ3n) is 9.83. The van der Waals surface area contributed by atoms with E-state index in [4.69, 9.17) is 15.0 Å². The summed E-state index contributed by atoms with van der Waals surface area (Å²) in [5.74, 6) is 1.78. The summed E-state index contributed by atoms with van der Waals surface area (Å²) in [6.07, 6.45) is 0. The Morgan fingerprint density at radius 1 is 0.314 bits per heavy atom. The minimum atomic E-state index is 0.555. The van der Waals surface area contributed by atoms with Crippen molar-refractivity contribution in [3.8, 4) is 56.2 Å². The van der Waals surface area contributed by atoms with Crippen molar-refractivity contribution in [3.05, 3.63) is 182 Å². The number of nitrogens with zero attached hydrogens (tertiary/aromatic N) is 4. The molecule has 0 N–H and O–H groups in total. The lowest BCUT2D eigenvalue weighted by Crippen LogP contribution is -2.17. The molecule has 0 saturated carbocycles. The zero-order valence-corrected chi connectivity index (χ0v) is 27.6. The molecule has 0 saturated heterocycles. The maximum absolute atomic E-state index is 5.33. The van der Waals surface area contributed by atoms with Crippen LogP contribution in [0.15, 0.2) is 182 Å². The number of rotatable bonds is 4. The van der Waals surface area contributed by atoms with Gasteiger partial charge >= 0.3 is 0 Å². The molecule has 0 unspecified atom stereocenters. The summed E-state index contributed by atoms with van der Waals surface area (Å²) in [5.41, 5.74) is 10.7. The van der Waals surface area contributed by atoms with Gasteiger partial charge in [-0.15, -0.1) is 0 Å². The summed E-state index contributed by atoms with van der Waals surface area (Å²) in [7, 11) is 0. The largest absolute Gasteiger partial charge is 0.278 e. The molecule has 0 atom stereocenters. The maximum Gasteiger partial charge on any atom is 0.238 e. The van der Waals surface area contributed by atoms with Crippen molar-refractivity contribution in [2.24, 2.45) is 0 Å². The van der Waals surface area contributed by atoms with Crippen LogP contribution in [0.3, 0.4) is 0 Å². The fraction of sp³-hybridized carbons (Fsp3) is 0. The number of benzene rings is 8. The SMILES string of the molecule is c1ccc(-c2cccc(-c3nc(-c4ccc5ccccc5c4)nc(N4c5ccccc5-c5cccc6cccc(c56)-c5ccccc54)n3)c2)cc1. The Morgan fingerprint density at radius 2 is 0.824 bits per heavy atom. The Labute approximate surface area is 296 Å². The van der Waals surface area contributed by atoms with Gasteiger partial charge in [0.2, 0.25) is 5.95 Å². The number of fused-ring (bicyclic) bond motifs is 5. The van der Waals surface area contributed by atoms with Gasteiger partial charge < -0.3 is 0 Å². The van der Waals surface area contributed by atoms with Crippen molar-refractivity contribution in [1.82, 2.24) is 15.0 Å². The quantitative estimate of drug-likeness (QED) is 0.190. The Kier molecular flexibility index (Phi) is 6.78. The molecule has 0 fully saturated rings. The van der Waals surface area contributed by atoms with Crippen molar-refractivity contribution in [2.45, 2.75) is 0 Å². The molecule has 2 heterocycles. The molecular formula is C47H30N4. The standard InChI is InChI=1S/C47H30N4/c1-2-13-31(14-3-1)35-19-10-20-36(29-35)45-48-46(37-28-27-32-15-4-5-16-34(32)30-37)50-47(49-45)51-42-25-8-6-21-38(42)40-23-11-17-33-18-12-24-41(44(33)40)39-22-7-9-26-43(39)51/h1-30H. The van der Waals surface area contributed by atoms with Crippen LogP contribution >= 0.6 is 0 Å². The topological polar surface area (TPSA) is 41.9 Å². The first-order chi connectivity index (χ1) is 25.3. The Bertz CT molecular complexity index is 2690. The van der Waals surface area contributed by atoms with E-state index in [2.05, 4.69) is 181 Å². The Morgan fingerprint density at radius 3 is 1.53 bits per heavy atom. The summed E-state index contributed by atoms with van der Waals surface area (Å²) in [4.78, 5) is 18.0. The second-order valence-corrected chi connectivity index (χ2v) is 12.9. The molecule has 0 aliphatic carbocycles. The van der Waals surface area contributed by atoms with E-state index in [0.717, 1.165) is 50.1 Å². The highest BCUT2D eigenvalue weighted by molar-refractivity contribution is 6.12. The summed E-state index contributed by atoms with van der Waals surface area (Å²) in [6.45, 7) is 0. The van der Waals surface area contributed by atoms with E-state index in [-0.39, 0.29) is 0 Å². The average molecular weight is 651 g/mol. The molecule has 1 aromatic heterocycles. The first-order valence-corrected chi connectivity index (χ1v) is 17.2. The van der Waals surface area contributed by atoms with Crippen molar-refractivity contribution in [3.63, 3.8) is 0 Å². The van der Waals surface area contributed by atoms with Gasteiger partial charge in [0.1, 0.15) is 0 Å². The monoisotopic (exact) mass is 650 g/mol. The van der Waals surface area contributed by atoms with Gasteiger partial charge in [-0.3, -0.25) is 4.90 Å². The zero-order valence-electron chi connectivity index (χ0n) is 27.6. The molecule has 1 aliphatic rings. The zero-order chi connectivity index (χ0) is 33.7. The van der Waals surface area contributed by atoms with Gasteiger partial charge in [-0.25, -0.2) is 4.98 Å². The first-order valence-electron chi connectivity index (χ1n) is 17.2. The third-order valence-corrected chi connectivity index (χ3v) is 9.83. The van der Waals surface area contributed by atoms with Crippen LogP contribution in [-0.2, 0) is 0 Å². The smallest absolute Gasteiger partial charge is 0.238 e. The predicted molar refractivity (Wildman–Crippen MR) is 210 cm³/mol. The predicted octanol–water partition coefficient (Wildman–Crippen LogP) is 12.3. The van der Waals surface area contributed by atoms with Crippen LogP contribution in [0.2, 0.25) is 0 Å². The van der Waals surface area contributed by atoms with E-state index in [1.54, 1.807) is 0 Å². The fourth-order valence-electron chi connectivity index (χ4n) is 7.45. The third kappa shape index (κ3) is 4.96. The molecule has 1 aliphatic heterocycles. The van der Waals surface area contributed by atoms with E-state index in [0.29, 0.717) is 17.6 Å². The lowest BCUT2D eigenvalue weighted by molar-refractivity contribution is 1.02. The molecule has 0 radical (unpaired) electrons. The minimum Gasteiger partial charge on any atom is -0.278 e. The molecule has 9 aromatic rings. The molecule has 0 amide bonds. The first kappa shape index (κ1) is 29.0. The number of aromatic nitrogens is 3. The van der Waals surface area contributed by atoms with E-state index in [1.165, 1.54) is 27.3 Å². The highest BCUT2D eigenvalue weighted by atomic mass is 15.3. The molecule has 0 spiro atoms. The van der Waals surface area contributed by atoms with Crippen molar-refractivity contribution >= 4 is 38.9 Å². The van der Waals surface area contributed by atoms with Gasteiger partial charge in [0.05, 0.1) is 11.4 Å². The second-order valence-electron chi connectivity index (χ2n) is 12.9. The lowest BCUT2D eigenvalue weighted by atomic mass is 9.88. The molecule has 4 heteroatoms. The molecule has 51 heavy (non-hydrogen) atoms. The fourth-order valence-corrected chi connectivity index (χ4v) is 7.45. The Balaban J connectivity index is 1.26. The van der Waals surface area contributed by atoms with Gasteiger partial charge in [-0.05, 0) is 68.1 Å². The van der Waals surface area contributed by atoms with Crippen LogP contribution in [0.4, 0.5) is 17.3 Å². The van der Waals surface area contributed by atoms with Gasteiger partial charge in [0, 0.05) is 22.3 Å². The Hall–Kier alpha value is -6.91. The molecule has 10 rings (SSSR count). The van der Waals surface area contributed by atoms with Crippen LogP contribution in [0.5, 0.6) is 0 Å². The summed E-state index contributed by atoms with van der Waals surface area (Å²) in [5, 5.41) is 4.76. The molecular weight excluding hydrogens is 621 g/mol. The van der Waals surface area contributed by atoms with Gasteiger partial charge in [0.15, 0.2) is 11.6 Å². The summed E-state index contributed by atoms with van der Waals surface area (Å²) >= 11 is 0. The molecule has 4 nitrogen and oxygen atoms in total. The van der Waals surface area contributed by atoms with Gasteiger partial charge in [0.25, 0.3) is 0 Å². The highest BCUT2D eigenvalue weighted by Gasteiger charge is 2.27. The maximum atomic E-state index is 5.33. The van der Waals surface area contributed by atoms with Crippen LogP contribution in [-0.4, -0.2) is 15.0 Å². The normalized spacial score (nSPS) is 11.9. The van der Waals surface area contributed by atoms with E-state index >= 15 is 0 Å². The number of hydrogen-bond donors (Lipinski definition) is 0. The van der Waals surface area contributed by atoms with Crippen LogP contribution in [0.1, 0.15) is 0 Å². The number of anilines is 3. The van der Waals surface area contributed by atoms with Crippen LogP contribution in [0.25, 0.3) is 77.7 Å². The van der Waals surface area contributed by atoms with Crippen molar-refractivity contribution in [1.29, 1.82) is 0 Å². The van der Waals surface area contributed by atoms with Gasteiger partial charge in [-0.2, -0.15) is 9.97 Å². The minimum absolute atomic E-state index is 0.555. The van der Waals surface area contributed by atoms with Gasteiger partial charge in [-0.1, -0.05) is 158 Å².